The summed E-state index contributed by atoms with van der Waals surface area (Å²) in [6, 6.07) is 11.0. The number of halogens is 7. The molecule has 0 amide bonds. The zero-order chi connectivity index (χ0) is 30.5. The minimum Gasteiger partial charge on any atom is -0.436 e. The second kappa shape index (κ2) is 10.6. The Bertz CT molecular complexity index is 1800. The third-order valence-electron chi connectivity index (χ3n) is 6.79. The van der Waals surface area contributed by atoms with Gasteiger partial charge >= 0.3 is 12.4 Å². The van der Waals surface area contributed by atoms with E-state index in [1.165, 1.54) is 24.5 Å². The lowest BCUT2D eigenvalue weighted by molar-refractivity contribution is -0.143. The number of alkyl halides is 6. The number of rotatable bonds is 7. The summed E-state index contributed by atoms with van der Waals surface area (Å²) in [6.45, 7) is -0.563. The van der Waals surface area contributed by atoms with Crippen LogP contribution in [0.4, 0.5) is 26.3 Å². The molecule has 0 aliphatic heterocycles. The fourth-order valence-electron chi connectivity index (χ4n) is 4.59. The van der Waals surface area contributed by atoms with Crippen molar-refractivity contribution in [3.8, 4) is 22.5 Å². The standard InChI is InChI=1S/C29H18ClF6N5O2/c30-21-4-2-1-3-20(21)22-26(43-27(38-22)17-5-6-17)25(42)23-24(16-7-9-37-10-8-16)41(40-39-23)14-15-11-18(28(31,32)33)13-19(12-15)29(34,35)36/h1-4,7-13,17H,5-6,14H2. The number of oxazole rings is 1. The van der Waals surface area contributed by atoms with E-state index in [9.17, 15) is 31.1 Å². The number of aromatic nitrogens is 5. The van der Waals surface area contributed by atoms with Gasteiger partial charge in [-0.15, -0.1) is 5.10 Å². The summed E-state index contributed by atoms with van der Waals surface area (Å²) in [5.74, 6) is -0.537. The third kappa shape index (κ3) is 5.76. The van der Waals surface area contributed by atoms with Crippen molar-refractivity contribution in [2.75, 3.05) is 0 Å². The predicted molar refractivity (Wildman–Crippen MR) is 141 cm³/mol. The molecule has 14 heteroatoms. The molecule has 6 rings (SSSR count). The van der Waals surface area contributed by atoms with Crippen LogP contribution in [0.3, 0.4) is 0 Å². The van der Waals surface area contributed by atoms with E-state index in [1.54, 1.807) is 24.3 Å². The molecule has 7 nitrogen and oxygen atoms in total. The van der Waals surface area contributed by atoms with Crippen LogP contribution in [0.2, 0.25) is 5.02 Å². The molecule has 5 aromatic rings. The Morgan fingerprint density at radius 1 is 0.953 bits per heavy atom. The molecule has 1 aliphatic carbocycles. The van der Waals surface area contributed by atoms with Gasteiger partial charge in [-0.05, 0) is 54.8 Å². The summed E-state index contributed by atoms with van der Waals surface area (Å²) in [7, 11) is 0. The fraction of sp³-hybridized carbons (Fsp3) is 0.207. The Morgan fingerprint density at radius 2 is 1.60 bits per heavy atom. The molecule has 0 N–H and O–H groups in total. The minimum atomic E-state index is -5.03. The van der Waals surface area contributed by atoms with Crippen LogP contribution in [0.15, 0.2) is 71.4 Å². The smallest absolute Gasteiger partial charge is 0.416 e. The Balaban J connectivity index is 1.48. The highest BCUT2D eigenvalue weighted by atomic mass is 35.5. The average Bonchev–Trinajstić information content (AvgIpc) is 3.59. The Hall–Kier alpha value is -4.52. The molecule has 0 atom stereocenters. The normalized spacial score (nSPS) is 13.8. The fourth-order valence-corrected chi connectivity index (χ4v) is 4.82. The number of pyridine rings is 1. The first-order chi connectivity index (χ1) is 20.4. The molecule has 43 heavy (non-hydrogen) atoms. The maximum absolute atomic E-state index is 14.0. The van der Waals surface area contributed by atoms with Gasteiger partial charge in [-0.3, -0.25) is 9.78 Å². The van der Waals surface area contributed by atoms with E-state index in [2.05, 4.69) is 20.3 Å². The Kier molecular flexibility index (Phi) is 7.07. The van der Waals surface area contributed by atoms with Crippen LogP contribution in [-0.4, -0.2) is 30.7 Å². The third-order valence-corrected chi connectivity index (χ3v) is 7.12. The van der Waals surface area contributed by atoms with Crippen LogP contribution in [0, 0.1) is 0 Å². The van der Waals surface area contributed by atoms with E-state index in [0.717, 1.165) is 17.5 Å². The monoisotopic (exact) mass is 617 g/mol. The molecule has 0 unspecified atom stereocenters. The average molecular weight is 618 g/mol. The van der Waals surface area contributed by atoms with Crippen molar-refractivity contribution in [3.63, 3.8) is 0 Å². The highest BCUT2D eigenvalue weighted by Gasteiger charge is 2.38. The second-order valence-corrected chi connectivity index (χ2v) is 10.3. The van der Waals surface area contributed by atoms with Crippen molar-refractivity contribution in [2.24, 2.45) is 0 Å². The number of benzene rings is 2. The van der Waals surface area contributed by atoms with Gasteiger partial charge in [0.05, 0.1) is 22.7 Å². The van der Waals surface area contributed by atoms with Crippen molar-refractivity contribution < 1.29 is 35.6 Å². The highest BCUT2D eigenvalue weighted by Crippen LogP contribution is 2.43. The van der Waals surface area contributed by atoms with Crippen LogP contribution in [0.1, 0.15) is 57.6 Å². The first-order valence-electron chi connectivity index (χ1n) is 12.8. The molecule has 1 aliphatic rings. The molecule has 0 bridgehead atoms. The van der Waals surface area contributed by atoms with Crippen molar-refractivity contribution in [2.45, 2.75) is 37.7 Å². The number of carbonyl (C=O) groups excluding carboxylic acids is 1. The molecule has 3 aromatic heterocycles. The molecule has 2 aromatic carbocycles. The van der Waals surface area contributed by atoms with E-state index >= 15 is 0 Å². The van der Waals surface area contributed by atoms with Gasteiger partial charge in [-0.2, -0.15) is 26.3 Å². The Morgan fingerprint density at radius 3 is 2.21 bits per heavy atom. The second-order valence-electron chi connectivity index (χ2n) is 9.91. The van der Waals surface area contributed by atoms with Crippen molar-refractivity contribution >= 4 is 17.4 Å². The number of nitrogens with zero attached hydrogens (tertiary/aromatic N) is 5. The lowest BCUT2D eigenvalue weighted by Crippen LogP contribution is -2.13. The van der Waals surface area contributed by atoms with Gasteiger partial charge in [0.1, 0.15) is 11.4 Å². The van der Waals surface area contributed by atoms with Gasteiger partial charge in [-0.1, -0.05) is 35.0 Å². The van der Waals surface area contributed by atoms with Gasteiger partial charge in [0.2, 0.25) is 5.76 Å². The van der Waals surface area contributed by atoms with E-state index in [4.69, 9.17) is 16.0 Å². The molecule has 0 radical (unpaired) electrons. The predicted octanol–water partition coefficient (Wildman–Crippen LogP) is 7.84. The molecule has 0 saturated heterocycles. The minimum absolute atomic E-state index is 0.0295. The maximum atomic E-state index is 14.0. The molecular weight excluding hydrogens is 600 g/mol. The zero-order valence-corrected chi connectivity index (χ0v) is 22.5. The number of carbonyl (C=O) groups is 1. The summed E-state index contributed by atoms with van der Waals surface area (Å²) < 4.78 is 88.0. The molecule has 1 fully saturated rings. The van der Waals surface area contributed by atoms with Crippen molar-refractivity contribution in [3.05, 3.63) is 106 Å². The number of hydrogen-bond donors (Lipinski definition) is 0. The molecule has 0 spiro atoms. The SMILES string of the molecule is O=C(c1nnn(Cc2cc(C(F)(F)F)cc(C(F)(F)F)c2)c1-c1ccncc1)c1oc(C2CC2)nc1-c1ccccc1Cl. The molecule has 1 saturated carbocycles. The van der Waals surface area contributed by atoms with Crippen molar-refractivity contribution in [1.82, 2.24) is 25.0 Å². The summed E-state index contributed by atoms with van der Waals surface area (Å²) in [6.07, 6.45) is -5.61. The summed E-state index contributed by atoms with van der Waals surface area (Å²) in [4.78, 5) is 22.5. The van der Waals surface area contributed by atoms with Gasteiger partial charge in [0.25, 0.3) is 5.78 Å². The van der Waals surface area contributed by atoms with Gasteiger partial charge < -0.3 is 4.42 Å². The molecular formula is C29H18ClF6N5O2. The molecule has 220 valence electrons. The summed E-state index contributed by atoms with van der Waals surface area (Å²) in [5.41, 5.74) is -2.56. The number of hydrogen-bond acceptors (Lipinski definition) is 6. The highest BCUT2D eigenvalue weighted by molar-refractivity contribution is 6.33. The van der Waals surface area contributed by atoms with Crippen LogP contribution < -0.4 is 0 Å². The van der Waals surface area contributed by atoms with Crippen molar-refractivity contribution in [1.29, 1.82) is 0 Å². The maximum Gasteiger partial charge on any atom is 0.416 e. The molecule has 3 heterocycles. The topological polar surface area (TPSA) is 86.7 Å². The van der Waals surface area contributed by atoms with E-state index < -0.39 is 35.8 Å². The Labute approximate surface area is 244 Å². The lowest BCUT2D eigenvalue weighted by Gasteiger charge is -2.15. The van der Waals surface area contributed by atoms with Crippen LogP contribution >= 0.6 is 11.6 Å². The van der Waals surface area contributed by atoms with Gasteiger partial charge in [-0.25, -0.2) is 9.67 Å². The summed E-state index contributed by atoms with van der Waals surface area (Å²) >= 11 is 6.40. The number of ketones is 1. The van der Waals surface area contributed by atoms with E-state index in [0.29, 0.717) is 34.2 Å². The summed E-state index contributed by atoms with van der Waals surface area (Å²) in [5, 5.41) is 8.29. The quantitative estimate of drug-likeness (QED) is 0.137. The van der Waals surface area contributed by atoms with Crippen LogP contribution in [-0.2, 0) is 18.9 Å². The lowest BCUT2D eigenvalue weighted by atomic mass is 10.0. The van der Waals surface area contributed by atoms with Crippen LogP contribution in [0.5, 0.6) is 0 Å². The largest absolute Gasteiger partial charge is 0.436 e. The first kappa shape index (κ1) is 28.6. The first-order valence-corrected chi connectivity index (χ1v) is 13.2. The van der Waals surface area contributed by atoms with Crippen LogP contribution in [0.25, 0.3) is 22.5 Å². The van der Waals surface area contributed by atoms with Gasteiger partial charge in [0, 0.05) is 29.4 Å². The van der Waals surface area contributed by atoms with E-state index in [1.807, 2.05) is 0 Å². The zero-order valence-electron chi connectivity index (χ0n) is 21.7. The van der Waals surface area contributed by atoms with E-state index in [-0.39, 0.29) is 40.4 Å². The van der Waals surface area contributed by atoms with Gasteiger partial charge in [0.15, 0.2) is 11.6 Å².